The van der Waals surface area contributed by atoms with Crippen molar-refractivity contribution < 1.29 is 9.21 Å². The molecule has 5 aromatic rings. The Balaban J connectivity index is 1.25. The normalized spacial score (nSPS) is 11.1. The molecule has 162 valence electrons. The molecule has 1 aromatic heterocycles. The average Bonchev–Trinajstić information content (AvgIpc) is 3.33. The van der Waals surface area contributed by atoms with Gasteiger partial charge in [-0.3, -0.25) is 4.79 Å². The lowest BCUT2D eigenvalue weighted by Gasteiger charge is -2.06. The fourth-order valence-corrected chi connectivity index (χ4v) is 4.40. The van der Waals surface area contributed by atoms with E-state index < -0.39 is 0 Å². The second kappa shape index (κ2) is 9.40. The molecule has 0 amide bonds. The molecule has 0 aliphatic carbocycles. The summed E-state index contributed by atoms with van der Waals surface area (Å²) in [5.41, 5.74) is 3.48. The number of hydrogen-bond donors (Lipinski definition) is 0. The molecule has 0 unspecified atom stereocenters. The van der Waals surface area contributed by atoms with E-state index in [1.807, 2.05) is 36.4 Å². The summed E-state index contributed by atoms with van der Waals surface area (Å²) in [5, 5.41) is 11.6. The van der Waals surface area contributed by atoms with E-state index >= 15 is 0 Å². The molecule has 4 nitrogen and oxygen atoms in total. The van der Waals surface area contributed by atoms with Gasteiger partial charge in [-0.1, -0.05) is 95.6 Å². The van der Waals surface area contributed by atoms with Crippen LogP contribution in [0.5, 0.6) is 0 Å². The van der Waals surface area contributed by atoms with Crippen LogP contribution in [0.2, 0.25) is 10.0 Å². The predicted molar refractivity (Wildman–Crippen MR) is 134 cm³/mol. The third-order valence-corrected chi connectivity index (χ3v) is 6.75. The van der Waals surface area contributed by atoms with Crippen LogP contribution in [0.15, 0.2) is 94.6 Å². The summed E-state index contributed by atoms with van der Waals surface area (Å²) >= 11 is 13.2. The van der Waals surface area contributed by atoms with E-state index in [1.54, 1.807) is 18.2 Å². The highest BCUT2D eigenvalue weighted by molar-refractivity contribution is 7.99. The minimum atomic E-state index is -0.0145. The minimum Gasteiger partial charge on any atom is -0.411 e. The molecule has 0 atom stereocenters. The van der Waals surface area contributed by atoms with Crippen molar-refractivity contribution in [2.75, 3.05) is 5.75 Å². The second-order valence-electron chi connectivity index (χ2n) is 7.35. The lowest BCUT2D eigenvalue weighted by atomic mass is 10.00. The van der Waals surface area contributed by atoms with Crippen molar-refractivity contribution in [3.8, 4) is 22.6 Å². The van der Waals surface area contributed by atoms with Crippen LogP contribution in [0, 0.1) is 0 Å². The summed E-state index contributed by atoms with van der Waals surface area (Å²) in [6.45, 7) is 0. The molecule has 0 fully saturated rings. The van der Waals surface area contributed by atoms with Gasteiger partial charge < -0.3 is 4.42 Å². The first-order valence-electron chi connectivity index (χ1n) is 10.1. The number of hydrogen-bond acceptors (Lipinski definition) is 5. The maximum Gasteiger partial charge on any atom is 0.277 e. The van der Waals surface area contributed by atoms with Crippen LogP contribution < -0.4 is 0 Å². The number of Topliss-reactive ketones (excluding diaryl/α,β-unsaturated/α-hetero) is 1. The number of ketones is 1. The van der Waals surface area contributed by atoms with Crippen molar-refractivity contribution in [1.82, 2.24) is 10.2 Å². The van der Waals surface area contributed by atoms with Gasteiger partial charge in [0.15, 0.2) is 5.78 Å². The zero-order valence-electron chi connectivity index (χ0n) is 17.2. The molecule has 0 saturated heterocycles. The maximum absolute atomic E-state index is 12.7. The van der Waals surface area contributed by atoms with Gasteiger partial charge in [0.25, 0.3) is 5.22 Å². The van der Waals surface area contributed by atoms with Gasteiger partial charge in [0, 0.05) is 11.1 Å². The molecule has 4 aromatic carbocycles. The molecule has 1 heterocycles. The van der Waals surface area contributed by atoms with Crippen LogP contribution in [-0.2, 0) is 0 Å². The van der Waals surface area contributed by atoms with Gasteiger partial charge in [-0.25, -0.2) is 0 Å². The highest BCUT2D eigenvalue weighted by Crippen LogP contribution is 2.30. The number of carbonyl (C=O) groups excluding carboxylic acids is 1. The molecule has 0 spiro atoms. The van der Waals surface area contributed by atoms with Crippen molar-refractivity contribution in [3.63, 3.8) is 0 Å². The Labute approximate surface area is 204 Å². The predicted octanol–water partition coefficient (Wildman–Crippen LogP) is 7.84. The first-order valence-corrected chi connectivity index (χ1v) is 11.9. The van der Waals surface area contributed by atoms with Gasteiger partial charge in [0.05, 0.1) is 15.8 Å². The molecule has 0 aliphatic rings. The van der Waals surface area contributed by atoms with E-state index in [0.29, 0.717) is 32.3 Å². The van der Waals surface area contributed by atoms with Gasteiger partial charge in [0.2, 0.25) is 5.89 Å². The van der Waals surface area contributed by atoms with Crippen LogP contribution in [-0.4, -0.2) is 21.7 Å². The highest BCUT2D eigenvalue weighted by atomic mass is 35.5. The quantitative estimate of drug-likeness (QED) is 0.179. The van der Waals surface area contributed by atoms with Gasteiger partial charge in [-0.2, -0.15) is 0 Å². The molecule has 33 heavy (non-hydrogen) atoms. The molecule has 5 rings (SSSR count). The van der Waals surface area contributed by atoms with E-state index in [4.69, 9.17) is 27.6 Å². The number of halogens is 2. The molecule has 0 bridgehead atoms. The highest BCUT2D eigenvalue weighted by Gasteiger charge is 2.14. The first kappa shape index (κ1) is 21.7. The van der Waals surface area contributed by atoms with Crippen LogP contribution in [0.25, 0.3) is 33.4 Å². The van der Waals surface area contributed by atoms with Crippen LogP contribution in [0.1, 0.15) is 10.4 Å². The summed E-state index contributed by atoms with van der Waals surface area (Å²) in [5.74, 6) is 0.501. The Morgan fingerprint density at radius 2 is 1.48 bits per heavy atom. The first-order chi connectivity index (χ1) is 16.1. The molecular formula is C26H16Cl2N2O2S. The Hall–Kier alpha value is -3.12. The third kappa shape index (κ3) is 4.81. The molecule has 0 saturated carbocycles. The lowest BCUT2D eigenvalue weighted by molar-refractivity contribution is 0.102. The fourth-order valence-electron chi connectivity index (χ4n) is 3.44. The van der Waals surface area contributed by atoms with E-state index in [1.165, 1.54) is 22.5 Å². The third-order valence-electron chi connectivity index (χ3n) is 5.19. The zero-order chi connectivity index (χ0) is 22.8. The fraction of sp³-hybridized carbons (Fsp3) is 0.0385. The van der Waals surface area contributed by atoms with E-state index in [9.17, 15) is 4.79 Å². The van der Waals surface area contributed by atoms with Gasteiger partial charge in [0.1, 0.15) is 0 Å². The van der Waals surface area contributed by atoms with Gasteiger partial charge >= 0.3 is 0 Å². The molecule has 7 heteroatoms. The van der Waals surface area contributed by atoms with Crippen molar-refractivity contribution >= 4 is 51.5 Å². The summed E-state index contributed by atoms with van der Waals surface area (Å²) in [6, 6.07) is 27.3. The molecular weight excluding hydrogens is 475 g/mol. The number of benzene rings is 4. The number of nitrogens with zero attached hydrogens (tertiary/aromatic N) is 2. The summed E-state index contributed by atoms with van der Waals surface area (Å²) in [4.78, 5) is 12.7. The second-order valence-corrected chi connectivity index (χ2v) is 9.09. The SMILES string of the molecule is O=C(CSc1nnc(-c2ccc(Cl)c(Cl)c2)o1)c1ccc(-c2ccc3ccccc3c2)cc1. The monoisotopic (exact) mass is 490 g/mol. The van der Waals surface area contributed by atoms with Gasteiger partial charge in [-0.15, -0.1) is 10.2 Å². The number of rotatable bonds is 6. The largest absolute Gasteiger partial charge is 0.411 e. The molecule has 0 N–H and O–H groups in total. The molecule has 0 radical (unpaired) electrons. The van der Waals surface area contributed by atoms with Crippen LogP contribution >= 0.6 is 35.0 Å². The number of thioether (sulfide) groups is 1. The van der Waals surface area contributed by atoms with Crippen molar-refractivity contribution in [3.05, 3.63) is 101 Å². The van der Waals surface area contributed by atoms with Crippen molar-refractivity contribution in [1.29, 1.82) is 0 Å². The Morgan fingerprint density at radius 1 is 0.758 bits per heavy atom. The number of carbonyl (C=O) groups is 1. The van der Waals surface area contributed by atoms with E-state index in [0.717, 1.165) is 11.1 Å². The summed E-state index contributed by atoms with van der Waals surface area (Å²) in [7, 11) is 0. The van der Waals surface area contributed by atoms with E-state index in [-0.39, 0.29) is 11.5 Å². The van der Waals surface area contributed by atoms with E-state index in [2.05, 4.69) is 40.5 Å². The van der Waals surface area contributed by atoms with Crippen molar-refractivity contribution in [2.24, 2.45) is 0 Å². The number of aromatic nitrogens is 2. The van der Waals surface area contributed by atoms with Gasteiger partial charge in [-0.05, 0) is 46.2 Å². The van der Waals surface area contributed by atoms with Crippen LogP contribution in [0.4, 0.5) is 0 Å². The van der Waals surface area contributed by atoms with Crippen LogP contribution in [0.3, 0.4) is 0 Å². The Morgan fingerprint density at radius 3 is 2.27 bits per heavy atom. The average molecular weight is 491 g/mol. The minimum absolute atomic E-state index is 0.0145. The molecule has 0 aliphatic heterocycles. The maximum atomic E-state index is 12.7. The standard InChI is InChI=1S/C26H16Cl2N2O2S/c27-22-12-11-21(14-23(22)28)25-29-30-26(32-25)33-15-24(31)18-8-5-17(6-9-18)20-10-7-16-3-1-2-4-19(16)13-20/h1-14H,15H2. The lowest BCUT2D eigenvalue weighted by Crippen LogP contribution is -2.02. The number of fused-ring (bicyclic) bond motifs is 1. The summed E-state index contributed by atoms with van der Waals surface area (Å²) in [6.07, 6.45) is 0. The smallest absolute Gasteiger partial charge is 0.277 e. The Kier molecular flexibility index (Phi) is 6.18. The van der Waals surface area contributed by atoms with Crippen molar-refractivity contribution in [2.45, 2.75) is 5.22 Å². The Bertz CT molecular complexity index is 1470. The zero-order valence-corrected chi connectivity index (χ0v) is 19.5. The summed E-state index contributed by atoms with van der Waals surface area (Å²) < 4.78 is 5.65. The topological polar surface area (TPSA) is 56.0 Å².